The Morgan fingerprint density at radius 1 is 1.11 bits per heavy atom. The molecule has 3 N–H and O–H groups in total. The Labute approximate surface area is 165 Å². The maximum Gasteiger partial charge on any atom is 0.254 e. The molecule has 3 heterocycles. The van der Waals surface area contributed by atoms with Crippen LogP contribution in [0.1, 0.15) is 24.8 Å². The lowest BCUT2D eigenvalue weighted by Gasteiger charge is -2.23. The van der Waals surface area contributed by atoms with Gasteiger partial charge < -0.3 is 20.7 Å². The minimum Gasteiger partial charge on any atom is -0.493 e. The second-order valence-electron chi connectivity index (χ2n) is 7.83. The van der Waals surface area contributed by atoms with Crippen molar-refractivity contribution in [1.29, 1.82) is 0 Å². The number of benzene rings is 1. The van der Waals surface area contributed by atoms with E-state index in [2.05, 4.69) is 34.2 Å². The Kier molecular flexibility index (Phi) is 4.53. The molecule has 5 nitrogen and oxygen atoms in total. The second-order valence-corrected chi connectivity index (χ2v) is 7.83. The third kappa shape index (κ3) is 3.27. The van der Waals surface area contributed by atoms with Crippen LogP contribution in [0.5, 0.6) is 5.75 Å². The lowest BCUT2D eigenvalue weighted by Crippen LogP contribution is -2.30. The van der Waals surface area contributed by atoms with E-state index in [0.717, 1.165) is 60.1 Å². The number of hydrogen-bond acceptors (Lipinski definition) is 4. The van der Waals surface area contributed by atoms with Gasteiger partial charge in [0.1, 0.15) is 5.75 Å². The fourth-order valence-corrected chi connectivity index (χ4v) is 4.36. The Balaban J connectivity index is 1.33. The van der Waals surface area contributed by atoms with Crippen molar-refractivity contribution < 1.29 is 9.53 Å². The van der Waals surface area contributed by atoms with Crippen LogP contribution in [0, 0.1) is 11.8 Å². The molecule has 0 saturated carbocycles. The zero-order chi connectivity index (χ0) is 18.9. The predicted molar refractivity (Wildman–Crippen MR) is 111 cm³/mol. The van der Waals surface area contributed by atoms with Crippen LogP contribution in [0.3, 0.4) is 0 Å². The molecule has 1 unspecified atom stereocenters. The molecule has 0 spiro atoms. The summed E-state index contributed by atoms with van der Waals surface area (Å²) < 4.78 is 6.05. The van der Waals surface area contributed by atoms with Crippen LogP contribution in [0.4, 0.5) is 5.69 Å². The van der Waals surface area contributed by atoms with E-state index in [9.17, 15) is 4.79 Å². The predicted octanol–water partition coefficient (Wildman–Crippen LogP) is 3.35. The van der Waals surface area contributed by atoms with Crippen molar-refractivity contribution in [2.24, 2.45) is 11.8 Å². The monoisotopic (exact) mass is 375 g/mol. The highest BCUT2D eigenvalue weighted by Gasteiger charge is 2.35. The molecule has 0 aromatic heterocycles. The summed E-state index contributed by atoms with van der Waals surface area (Å²) in [6.07, 6.45) is 13.4. The largest absolute Gasteiger partial charge is 0.493 e. The third-order valence-corrected chi connectivity index (χ3v) is 5.97. The van der Waals surface area contributed by atoms with E-state index in [4.69, 9.17) is 4.74 Å². The highest BCUT2D eigenvalue weighted by Crippen LogP contribution is 2.37. The molecule has 2 saturated heterocycles. The van der Waals surface area contributed by atoms with E-state index in [1.165, 1.54) is 12.8 Å². The first-order valence-corrected chi connectivity index (χ1v) is 10.1. The summed E-state index contributed by atoms with van der Waals surface area (Å²) in [5, 5.41) is 9.84. The first-order chi connectivity index (χ1) is 13.8. The van der Waals surface area contributed by atoms with E-state index in [1.807, 2.05) is 30.4 Å². The Hall–Kier alpha value is -2.79. The number of anilines is 1. The van der Waals surface area contributed by atoms with Crippen molar-refractivity contribution in [1.82, 2.24) is 10.6 Å². The van der Waals surface area contributed by atoms with Crippen molar-refractivity contribution in [3.8, 4) is 5.75 Å². The van der Waals surface area contributed by atoms with Crippen molar-refractivity contribution in [3.05, 3.63) is 65.0 Å². The number of fused-ring (bicyclic) bond motifs is 2. The molecule has 1 aromatic rings. The molecular weight excluding hydrogens is 350 g/mol. The van der Waals surface area contributed by atoms with Gasteiger partial charge in [0.2, 0.25) is 0 Å². The molecule has 0 bridgehead atoms. The van der Waals surface area contributed by atoms with Gasteiger partial charge in [-0.2, -0.15) is 0 Å². The van der Waals surface area contributed by atoms with E-state index < -0.39 is 0 Å². The Bertz CT molecular complexity index is 920. The van der Waals surface area contributed by atoms with Gasteiger partial charge >= 0.3 is 0 Å². The lowest BCUT2D eigenvalue weighted by molar-refractivity contribution is -0.116. The van der Waals surface area contributed by atoms with Gasteiger partial charge in [0.05, 0.1) is 6.61 Å². The van der Waals surface area contributed by atoms with Crippen LogP contribution in [-0.2, 0) is 4.79 Å². The summed E-state index contributed by atoms with van der Waals surface area (Å²) in [7, 11) is 0. The van der Waals surface area contributed by atoms with Crippen LogP contribution in [0.25, 0.3) is 6.08 Å². The number of piperidine rings is 1. The fraction of sp³-hybridized carbons (Fsp3) is 0.348. The summed E-state index contributed by atoms with van der Waals surface area (Å²) >= 11 is 0. The first-order valence-electron chi connectivity index (χ1n) is 10.1. The number of hydrogen-bond donors (Lipinski definition) is 3. The summed E-state index contributed by atoms with van der Waals surface area (Å²) in [5.41, 5.74) is 4.80. The summed E-state index contributed by atoms with van der Waals surface area (Å²) in [6, 6.07) is 6.13. The topological polar surface area (TPSA) is 62.4 Å². The number of carbonyl (C=O) groups is 1. The van der Waals surface area contributed by atoms with E-state index >= 15 is 0 Å². The lowest BCUT2D eigenvalue weighted by atomic mass is 9.90. The standard InChI is InChI=1S/C23H25N3O2/c27-23-22(18-3-1-2-4-20(18)26-23)21-7-5-16-13-17(6-8-19(16)25-21)28-14-15-9-11-24-12-10-15/h1-2,4-8,13,15,18,24-25H,3,9-12,14H2,(H,26,27). The molecule has 28 heavy (non-hydrogen) atoms. The van der Waals surface area contributed by atoms with Crippen molar-refractivity contribution in [3.63, 3.8) is 0 Å². The fourth-order valence-electron chi connectivity index (χ4n) is 4.36. The van der Waals surface area contributed by atoms with E-state index in [0.29, 0.717) is 5.92 Å². The van der Waals surface area contributed by atoms with Gasteiger partial charge in [0, 0.05) is 34.1 Å². The summed E-state index contributed by atoms with van der Waals surface area (Å²) in [5.74, 6) is 1.66. The second kappa shape index (κ2) is 7.32. The highest BCUT2D eigenvalue weighted by atomic mass is 16.5. The summed E-state index contributed by atoms with van der Waals surface area (Å²) in [6.45, 7) is 2.95. The number of ether oxygens (including phenoxy) is 1. The quantitative estimate of drug-likeness (QED) is 0.709. The number of rotatable bonds is 3. The summed E-state index contributed by atoms with van der Waals surface area (Å²) in [4.78, 5) is 12.5. The normalized spacial score (nSPS) is 26.2. The molecule has 3 aliphatic heterocycles. The number of carbonyl (C=O) groups excluding carboxylic acids is 1. The van der Waals surface area contributed by atoms with Crippen LogP contribution in [0.15, 0.2) is 59.5 Å². The molecule has 1 atom stereocenters. The minimum atomic E-state index is -0.00234. The maximum absolute atomic E-state index is 12.5. The van der Waals surface area contributed by atoms with E-state index in [-0.39, 0.29) is 11.8 Å². The Morgan fingerprint density at radius 3 is 2.89 bits per heavy atom. The SMILES string of the molecule is O=C1NC2=CC=CCC2C1=C1C=Cc2cc(OCC3CCNCC3)ccc2N1. The average Bonchev–Trinajstić information content (AvgIpc) is 3.08. The van der Waals surface area contributed by atoms with Gasteiger partial charge in [0.25, 0.3) is 5.91 Å². The van der Waals surface area contributed by atoms with Gasteiger partial charge in [-0.3, -0.25) is 4.79 Å². The van der Waals surface area contributed by atoms with Crippen LogP contribution >= 0.6 is 0 Å². The van der Waals surface area contributed by atoms with Crippen molar-refractivity contribution in [2.75, 3.05) is 25.0 Å². The zero-order valence-electron chi connectivity index (χ0n) is 15.8. The van der Waals surface area contributed by atoms with Gasteiger partial charge in [-0.15, -0.1) is 0 Å². The molecule has 1 aliphatic carbocycles. The minimum absolute atomic E-state index is 0.00234. The van der Waals surface area contributed by atoms with Crippen LogP contribution in [-0.4, -0.2) is 25.6 Å². The van der Waals surface area contributed by atoms with Gasteiger partial charge in [-0.1, -0.05) is 18.2 Å². The third-order valence-electron chi connectivity index (χ3n) is 5.97. The molecule has 1 amide bonds. The van der Waals surface area contributed by atoms with Crippen molar-refractivity contribution in [2.45, 2.75) is 19.3 Å². The first kappa shape index (κ1) is 17.3. The van der Waals surface area contributed by atoms with Gasteiger partial charge in [-0.05, 0) is 68.6 Å². The number of allylic oxidation sites excluding steroid dienone is 5. The Morgan fingerprint density at radius 2 is 2.00 bits per heavy atom. The molecular formula is C23H25N3O2. The smallest absolute Gasteiger partial charge is 0.254 e. The van der Waals surface area contributed by atoms with Crippen LogP contribution in [0.2, 0.25) is 0 Å². The number of nitrogens with one attached hydrogen (secondary N) is 3. The van der Waals surface area contributed by atoms with Crippen molar-refractivity contribution >= 4 is 17.7 Å². The molecule has 144 valence electrons. The van der Waals surface area contributed by atoms with E-state index in [1.54, 1.807) is 0 Å². The van der Waals surface area contributed by atoms with Crippen LogP contribution < -0.4 is 20.7 Å². The van der Waals surface area contributed by atoms with Gasteiger partial charge in [-0.25, -0.2) is 0 Å². The molecule has 5 rings (SSSR count). The zero-order valence-corrected chi connectivity index (χ0v) is 15.8. The van der Waals surface area contributed by atoms with Gasteiger partial charge in [0.15, 0.2) is 0 Å². The molecule has 0 radical (unpaired) electrons. The molecule has 4 aliphatic rings. The molecule has 1 aromatic carbocycles. The number of amides is 1. The average molecular weight is 375 g/mol. The molecule has 2 fully saturated rings. The highest BCUT2D eigenvalue weighted by molar-refractivity contribution is 6.01. The maximum atomic E-state index is 12.5. The molecule has 5 heteroatoms.